The Labute approximate surface area is 182 Å². The predicted molar refractivity (Wildman–Crippen MR) is 123 cm³/mol. The molecule has 1 aliphatic heterocycles. The number of ether oxygens (including phenoxy) is 2. The van der Waals surface area contributed by atoms with Crippen molar-refractivity contribution < 1.29 is 14.3 Å². The molecule has 0 bridgehead atoms. The number of unbranched alkanes of at least 4 members (excludes halogenated alkanes) is 1. The largest absolute Gasteiger partial charge is 0.497 e. The van der Waals surface area contributed by atoms with Crippen LogP contribution in [0.25, 0.3) is 10.9 Å². The number of hydrogen-bond donors (Lipinski definition) is 2. The van der Waals surface area contributed by atoms with Crippen molar-refractivity contribution in [2.45, 2.75) is 19.3 Å². The number of amides is 1. The number of primary amides is 1. The molecule has 0 atom stereocenters. The Hall–Kier alpha value is -3.19. The number of nitrogens with one attached hydrogen (secondary N) is 1. The maximum atomic E-state index is 11.0. The summed E-state index contributed by atoms with van der Waals surface area (Å²) in [4.78, 5) is 19.3. The normalized spacial score (nSPS) is 14.7. The monoisotopic (exact) mass is 422 g/mol. The number of nitrogens with two attached hydrogens (primary N) is 1. The molecule has 4 rings (SSSR count). The van der Waals surface area contributed by atoms with E-state index in [0.717, 1.165) is 68.6 Å². The number of aromatic nitrogens is 1. The van der Waals surface area contributed by atoms with Gasteiger partial charge in [0, 0.05) is 49.0 Å². The number of nitrogens with zero attached hydrogens (tertiary/aromatic N) is 2. The Kier molecular flexibility index (Phi) is 6.62. The van der Waals surface area contributed by atoms with Crippen molar-refractivity contribution in [2.24, 2.45) is 5.73 Å². The maximum absolute atomic E-state index is 11.0. The molecule has 0 unspecified atom stereocenters. The Morgan fingerprint density at radius 2 is 1.77 bits per heavy atom. The van der Waals surface area contributed by atoms with Crippen LogP contribution >= 0.6 is 0 Å². The summed E-state index contributed by atoms with van der Waals surface area (Å²) in [5.41, 5.74) is 8.67. The van der Waals surface area contributed by atoms with Gasteiger partial charge in [-0.1, -0.05) is 0 Å². The molecule has 7 heteroatoms. The third-order valence-electron chi connectivity index (χ3n) is 5.94. The molecular formula is C24H30N4O3. The van der Waals surface area contributed by atoms with Crippen molar-refractivity contribution in [3.05, 3.63) is 54.2 Å². The summed E-state index contributed by atoms with van der Waals surface area (Å²) >= 11 is 0. The molecule has 3 N–H and O–H groups in total. The van der Waals surface area contributed by atoms with Crippen molar-refractivity contribution in [1.29, 1.82) is 0 Å². The van der Waals surface area contributed by atoms with Gasteiger partial charge in [0.1, 0.15) is 11.5 Å². The number of H-pyrrole nitrogens is 1. The summed E-state index contributed by atoms with van der Waals surface area (Å²) in [6, 6.07) is 13.9. The van der Waals surface area contributed by atoms with Crippen LogP contribution in [0.2, 0.25) is 0 Å². The minimum atomic E-state index is -0.788. The van der Waals surface area contributed by atoms with Crippen LogP contribution in [0.3, 0.4) is 0 Å². The third kappa shape index (κ3) is 5.30. The highest BCUT2D eigenvalue weighted by Gasteiger charge is 2.17. The summed E-state index contributed by atoms with van der Waals surface area (Å²) in [6.45, 7) is 5.41. The summed E-state index contributed by atoms with van der Waals surface area (Å²) in [5.74, 6) is 1.38. The minimum absolute atomic E-state index is 0.482. The number of anilines is 1. The lowest BCUT2D eigenvalue weighted by Crippen LogP contribution is -2.46. The van der Waals surface area contributed by atoms with E-state index in [0.29, 0.717) is 5.75 Å². The van der Waals surface area contributed by atoms with Crippen LogP contribution < -0.4 is 20.1 Å². The number of hydrogen-bond acceptors (Lipinski definition) is 5. The van der Waals surface area contributed by atoms with Crippen LogP contribution in [0.4, 0.5) is 10.5 Å². The van der Waals surface area contributed by atoms with Crippen molar-refractivity contribution in [1.82, 2.24) is 9.88 Å². The number of carbonyl (C=O) groups excluding carboxylic acids is 1. The first kappa shape index (κ1) is 21.1. The number of benzene rings is 2. The fourth-order valence-corrected chi connectivity index (χ4v) is 4.22. The van der Waals surface area contributed by atoms with E-state index in [1.54, 1.807) is 13.2 Å². The molecule has 1 aromatic heterocycles. The minimum Gasteiger partial charge on any atom is -0.497 e. The summed E-state index contributed by atoms with van der Waals surface area (Å²) in [7, 11) is 1.70. The molecule has 1 fully saturated rings. The van der Waals surface area contributed by atoms with Crippen molar-refractivity contribution in [3.63, 3.8) is 0 Å². The molecule has 164 valence electrons. The molecule has 0 radical (unpaired) electrons. The molecule has 1 amide bonds. The quantitative estimate of drug-likeness (QED) is 0.540. The SMILES string of the molecule is COc1ccc(N2CCN(CCCCc3c[nH]c4ccc(OC(N)=O)cc34)CC2)cc1. The van der Waals surface area contributed by atoms with Crippen molar-refractivity contribution >= 4 is 22.7 Å². The highest BCUT2D eigenvalue weighted by molar-refractivity contribution is 5.85. The Morgan fingerprint density at radius 1 is 1.03 bits per heavy atom. The Morgan fingerprint density at radius 3 is 2.48 bits per heavy atom. The van der Waals surface area contributed by atoms with Gasteiger partial charge in [-0.3, -0.25) is 4.90 Å². The smallest absolute Gasteiger partial charge is 0.409 e. The Bertz CT molecular complexity index is 1010. The van der Waals surface area contributed by atoms with E-state index in [1.165, 1.54) is 11.3 Å². The number of carbonyl (C=O) groups is 1. The number of rotatable bonds is 8. The highest BCUT2D eigenvalue weighted by Crippen LogP contribution is 2.25. The number of aromatic amines is 1. The number of fused-ring (bicyclic) bond motifs is 1. The topological polar surface area (TPSA) is 83.8 Å². The van der Waals surface area contributed by atoms with E-state index in [-0.39, 0.29) is 0 Å². The lowest BCUT2D eigenvalue weighted by molar-refractivity contribution is 0.211. The van der Waals surface area contributed by atoms with Crippen molar-refractivity contribution in [2.75, 3.05) is 44.7 Å². The van der Waals surface area contributed by atoms with E-state index in [4.69, 9.17) is 15.2 Å². The lowest BCUT2D eigenvalue weighted by Gasteiger charge is -2.36. The van der Waals surface area contributed by atoms with E-state index in [9.17, 15) is 4.79 Å². The maximum Gasteiger partial charge on any atom is 0.409 e. The number of methoxy groups -OCH3 is 1. The van der Waals surface area contributed by atoms with Gasteiger partial charge in [-0.15, -0.1) is 0 Å². The molecule has 1 saturated heterocycles. The van der Waals surface area contributed by atoms with Crippen molar-refractivity contribution in [3.8, 4) is 11.5 Å². The first-order chi connectivity index (χ1) is 15.1. The molecule has 31 heavy (non-hydrogen) atoms. The second kappa shape index (κ2) is 9.75. The summed E-state index contributed by atoms with van der Waals surface area (Å²) in [6.07, 6.45) is 4.53. The molecule has 0 aliphatic carbocycles. The van der Waals surface area contributed by atoms with E-state index >= 15 is 0 Å². The molecule has 2 aromatic carbocycles. The molecule has 3 aromatic rings. The highest BCUT2D eigenvalue weighted by atomic mass is 16.5. The van der Waals surface area contributed by atoms with Crippen LogP contribution in [0.1, 0.15) is 18.4 Å². The van der Waals surface area contributed by atoms with Gasteiger partial charge < -0.3 is 25.1 Å². The molecule has 0 spiro atoms. The number of aryl methyl sites for hydroxylation is 1. The third-order valence-corrected chi connectivity index (χ3v) is 5.94. The molecule has 7 nitrogen and oxygen atoms in total. The fraction of sp³-hybridized carbons (Fsp3) is 0.375. The van der Waals surface area contributed by atoms with Crippen LogP contribution in [0.15, 0.2) is 48.7 Å². The first-order valence-corrected chi connectivity index (χ1v) is 10.8. The predicted octanol–water partition coefficient (Wildman–Crippen LogP) is 3.78. The first-order valence-electron chi connectivity index (χ1n) is 10.8. The average molecular weight is 423 g/mol. The Balaban J connectivity index is 1.22. The second-order valence-corrected chi connectivity index (χ2v) is 7.93. The van der Waals surface area contributed by atoms with Gasteiger partial charge in [0.15, 0.2) is 0 Å². The molecule has 0 saturated carbocycles. The van der Waals surface area contributed by atoms with Crippen LogP contribution in [0.5, 0.6) is 11.5 Å². The van der Waals surface area contributed by atoms with Crippen LogP contribution in [-0.4, -0.2) is 55.8 Å². The average Bonchev–Trinajstić information content (AvgIpc) is 3.19. The zero-order chi connectivity index (χ0) is 21.6. The van der Waals surface area contributed by atoms with Gasteiger partial charge in [-0.25, -0.2) is 4.79 Å². The van der Waals surface area contributed by atoms with Crippen LogP contribution in [-0.2, 0) is 6.42 Å². The molecule has 2 heterocycles. The fourth-order valence-electron chi connectivity index (χ4n) is 4.22. The van der Waals surface area contributed by atoms with Gasteiger partial charge in [0.2, 0.25) is 0 Å². The van der Waals surface area contributed by atoms with Gasteiger partial charge in [0.25, 0.3) is 0 Å². The lowest BCUT2D eigenvalue weighted by atomic mass is 10.1. The van der Waals surface area contributed by atoms with E-state index in [1.807, 2.05) is 30.5 Å². The summed E-state index contributed by atoms with van der Waals surface area (Å²) in [5, 5.41) is 1.09. The van der Waals surface area contributed by atoms with E-state index in [2.05, 4.69) is 26.9 Å². The molecule has 1 aliphatic rings. The standard InChI is InChI=1S/C24H30N4O3/c1-30-20-7-5-19(6-8-20)28-14-12-27(13-15-28)11-3-2-4-18-17-26-23-10-9-21(16-22(18)23)31-24(25)29/h5-10,16-17,26H,2-4,11-15H2,1H3,(H2,25,29). The van der Waals surface area contributed by atoms with Gasteiger partial charge in [0.05, 0.1) is 7.11 Å². The van der Waals surface area contributed by atoms with Gasteiger partial charge in [-0.05, 0) is 73.8 Å². The zero-order valence-electron chi connectivity index (χ0n) is 18.0. The zero-order valence-corrected chi connectivity index (χ0v) is 18.0. The van der Waals surface area contributed by atoms with Gasteiger partial charge >= 0.3 is 6.09 Å². The second-order valence-electron chi connectivity index (χ2n) is 7.93. The number of piperazine rings is 1. The summed E-state index contributed by atoms with van der Waals surface area (Å²) < 4.78 is 10.3. The molecular weight excluding hydrogens is 392 g/mol. The van der Waals surface area contributed by atoms with Crippen LogP contribution in [0, 0.1) is 0 Å². The van der Waals surface area contributed by atoms with Gasteiger partial charge in [-0.2, -0.15) is 0 Å². The van der Waals surface area contributed by atoms with E-state index < -0.39 is 6.09 Å².